The number of likely N-dealkylation sites (tertiary alicyclic amines) is 1. The van der Waals surface area contributed by atoms with Gasteiger partial charge in [-0.15, -0.1) is 11.3 Å². The lowest BCUT2D eigenvalue weighted by Gasteiger charge is -2.19. The molecule has 2 aromatic rings. The average molecular weight is 385 g/mol. The van der Waals surface area contributed by atoms with Crippen LogP contribution in [0.1, 0.15) is 12.8 Å². The normalized spacial score (nSPS) is 16.1. The highest BCUT2D eigenvalue weighted by Crippen LogP contribution is 2.26. The molecular formula is C19H23N5O2S. The molecule has 1 aromatic heterocycles. The number of thiazole rings is 1. The van der Waals surface area contributed by atoms with Gasteiger partial charge in [0.05, 0.1) is 25.4 Å². The fraction of sp³-hybridized carbons (Fsp3) is 0.421. The summed E-state index contributed by atoms with van der Waals surface area (Å²) in [7, 11) is 1.65. The third-order valence-electron chi connectivity index (χ3n) is 4.47. The van der Waals surface area contributed by atoms with Crippen LogP contribution < -0.4 is 15.4 Å². The Morgan fingerprint density at radius 3 is 2.96 bits per heavy atom. The van der Waals surface area contributed by atoms with Gasteiger partial charge in [0.1, 0.15) is 11.8 Å². The first-order valence-corrected chi connectivity index (χ1v) is 9.83. The Morgan fingerprint density at radius 2 is 2.22 bits per heavy atom. The summed E-state index contributed by atoms with van der Waals surface area (Å²) in [5.74, 6) is 0.818. The Morgan fingerprint density at radius 1 is 1.41 bits per heavy atom. The van der Waals surface area contributed by atoms with Gasteiger partial charge >= 0.3 is 0 Å². The molecule has 1 unspecified atom stereocenters. The van der Waals surface area contributed by atoms with Gasteiger partial charge in [0.25, 0.3) is 0 Å². The van der Waals surface area contributed by atoms with Crippen molar-refractivity contribution < 1.29 is 9.53 Å². The Labute approximate surface area is 163 Å². The monoisotopic (exact) mass is 385 g/mol. The van der Waals surface area contributed by atoms with Crippen LogP contribution in [0.4, 0.5) is 5.13 Å². The molecule has 1 aromatic carbocycles. The van der Waals surface area contributed by atoms with Crippen molar-refractivity contribution in [3.8, 4) is 23.1 Å². The number of nitriles is 1. The van der Waals surface area contributed by atoms with Gasteiger partial charge in [0.2, 0.25) is 5.91 Å². The highest BCUT2D eigenvalue weighted by Gasteiger charge is 2.27. The maximum Gasteiger partial charge on any atom is 0.237 e. The van der Waals surface area contributed by atoms with E-state index in [1.807, 2.05) is 29.6 Å². The molecule has 0 bridgehead atoms. The zero-order valence-corrected chi connectivity index (χ0v) is 16.1. The van der Waals surface area contributed by atoms with Crippen LogP contribution in [0.3, 0.4) is 0 Å². The predicted octanol–water partition coefficient (Wildman–Crippen LogP) is 2.33. The molecule has 2 N–H and O–H groups in total. The molecule has 1 aliphatic rings. The molecule has 1 atom stereocenters. The molecule has 1 saturated heterocycles. The number of carbonyl (C=O) groups excluding carboxylic acids is 1. The van der Waals surface area contributed by atoms with E-state index in [-0.39, 0.29) is 18.5 Å². The minimum Gasteiger partial charge on any atom is -0.497 e. The largest absolute Gasteiger partial charge is 0.497 e. The molecule has 0 radical (unpaired) electrons. The summed E-state index contributed by atoms with van der Waals surface area (Å²) in [6.45, 7) is 2.26. The molecule has 27 heavy (non-hydrogen) atoms. The van der Waals surface area contributed by atoms with Gasteiger partial charge in [-0.05, 0) is 37.1 Å². The van der Waals surface area contributed by atoms with Crippen molar-refractivity contribution in [3.05, 3.63) is 29.6 Å². The second-order valence-corrected chi connectivity index (χ2v) is 7.10. The summed E-state index contributed by atoms with van der Waals surface area (Å²) in [6.07, 6.45) is 1.69. The van der Waals surface area contributed by atoms with Crippen LogP contribution in [0.5, 0.6) is 5.75 Å². The number of ether oxygens (including phenoxy) is 1. The molecule has 3 rings (SSSR count). The fourth-order valence-electron chi connectivity index (χ4n) is 3.00. The number of hydrogen-bond donors (Lipinski definition) is 2. The van der Waals surface area contributed by atoms with E-state index in [9.17, 15) is 4.79 Å². The second kappa shape index (κ2) is 9.35. The smallest absolute Gasteiger partial charge is 0.237 e. The number of amides is 1. The highest BCUT2D eigenvalue weighted by molar-refractivity contribution is 7.14. The molecule has 1 aliphatic heterocycles. The Balaban J connectivity index is 1.39. The van der Waals surface area contributed by atoms with Crippen LogP contribution in [-0.4, -0.2) is 55.1 Å². The van der Waals surface area contributed by atoms with Crippen LogP contribution in [0, 0.1) is 11.3 Å². The predicted molar refractivity (Wildman–Crippen MR) is 106 cm³/mol. The van der Waals surface area contributed by atoms with Gasteiger partial charge in [-0.3, -0.25) is 4.79 Å². The third-order valence-corrected chi connectivity index (χ3v) is 5.27. The maximum absolute atomic E-state index is 12.1. The summed E-state index contributed by atoms with van der Waals surface area (Å²) in [5.41, 5.74) is 1.96. The van der Waals surface area contributed by atoms with E-state index in [0.29, 0.717) is 19.6 Å². The standard InChI is InChI=1S/C19H23N5O2S/c1-26-16-6-4-14(5-7-16)17-13-27-19(23-17)22-9-8-21-12-18(25)24-10-2-3-15(24)11-20/h4-7,13,15,21H,2-3,8-10,12H2,1H3,(H,22,23). The van der Waals surface area contributed by atoms with E-state index in [1.54, 1.807) is 23.3 Å². The number of benzene rings is 1. The summed E-state index contributed by atoms with van der Waals surface area (Å²) < 4.78 is 5.17. The van der Waals surface area contributed by atoms with Gasteiger partial charge in [-0.2, -0.15) is 5.26 Å². The van der Waals surface area contributed by atoms with Crippen LogP contribution in [0.25, 0.3) is 11.3 Å². The Kier molecular flexibility index (Phi) is 6.63. The topological polar surface area (TPSA) is 90.3 Å². The molecule has 0 aliphatic carbocycles. The van der Waals surface area contributed by atoms with Crippen molar-refractivity contribution in [2.75, 3.05) is 38.6 Å². The quantitative estimate of drug-likeness (QED) is 0.678. The minimum atomic E-state index is -0.260. The molecule has 0 spiro atoms. The first kappa shape index (κ1) is 19.1. The fourth-order valence-corrected chi connectivity index (χ4v) is 3.75. The number of nitrogens with one attached hydrogen (secondary N) is 2. The third kappa shape index (κ3) is 4.96. The number of anilines is 1. The molecule has 142 valence electrons. The zero-order valence-electron chi connectivity index (χ0n) is 15.3. The lowest BCUT2D eigenvalue weighted by atomic mass is 10.2. The molecule has 7 nitrogen and oxygen atoms in total. The molecule has 8 heteroatoms. The number of carbonyl (C=O) groups is 1. The summed E-state index contributed by atoms with van der Waals surface area (Å²) in [5, 5.41) is 18.3. The molecule has 1 fully saturated rings. The summed E-state index contributed by atoms with van der Waals surface area (Å²) in [6, 6.07) is 9.73. The molecule has 0 saturated carbocycles. The zero-order chi connectivity index (χ0) is 19.1. The van der Waals surface area contributed by atoms with Crippen molar-refractivity contribution in [1.29, 1.82) is 5.26 Å². The summed E-state index contributed by atoms with van der Waals surface area (Å²) in [4.78, 5) is 18.4. The van der Waals surface area contributed by atoms with Gasteiger partial charge < -0.3 is 20.3 Å². The van der Waals surface area contributed by atoms with Crippen molar-refractivity contribution in [1.82, 2.24) is 15.2 Å². The van der Waals surface area contributed by atoms with E-state index >= 15 is 0 Å². The van der Waals surface area contributed by atoms with Gasteiger partial charge in [0, 0.05) is 30.6 Å². The molecule has 1 amide bonds. The number of hydrogen-bond acceptors (Lipinski definition) is 7. The first-order valence-electron chi connectivity index (χ1n) is 8.95. The Bertz CT molecular complexity index is 799. The van der Waals surface area contributed by atoms with Crippen LogP contribution in [0.15, 0.2) is 29.6 Å². The van der Waals surface area contributed by atoms with E-state index in [1.165, 1.54) is 0 Å². The number of nitrogens with zero attached hydrogens (tertiary/aromatic N) is 3. The number of rotatable bonds is 8. The van der Waals surface area contributed by atoms with Crippen molar-refractivity contribution >= 4 is 22.4 Å². The lowest BCUT2D eigenvalue weighted by molar-refractivity contribution is -0.130. The van der Waals surface area contributed by atoms with Crippen LogP contribution in [0.2, 0.25) is 0 Å². The van der Waals surface area contributed by atoms with Gasteiger partial charge in [-0.25, -0.2) is 4.98 Å². The average Bonchev–Trinajstić information content (AvgIpc) is 3.37. The molecular weight excluding hydrogens is 362 g/mol. The van der Waals surface area contributed by atoms with Gasteiger partial charge in [-0.1, -0.05) is 0 Å². The van der Waals surface area contributed by atoms with Crippen molar-refractivity contribution in [2.24, 2.45) is 0 Å². The van der Waals surface area contributed by atoms with E-state index in [0.717, 1.165) is 35.0 Å². The minimum absolute atomic E-state index is 0.00455. The number of methoxy groups -OCH3 is 1. The van der Waals surface area contributed by atoms with Crippen LogP contribution >= 0.6 is 11.3 Å². The molecule has 2 heterocycles. The van der Waals surface area contributed by atoms with Crippen LogP contribution in [-0.2, 0) is 4.79 Å². The first-order chi connectivity index (χ1) is 13.2. The lowest BCUT2D eigenvalue weighted by Crippen LogP contribution is -2.41. The summed E-state index contributed by atoms with van der Waals surface area (Å²) >= 11 is 1.55. The van der Waals surface area contributed by atoms with Crippen molar-refractivity contribution in [2.45, 2.75) is 18.9 Å². The number of aromatic nitrogens is 1. The maximum atomic E-state index is 12.1. The van der Waals surface area contributed by atoms with E-state index in [4.69, 9.17) is 10.00 Å². The van der Waals surface area contributed by atoms with Crippen molar-refractivity contribution in [3.63, 3.8) is 0 Å². The van der Waals surface area contributed by atoms with Gasteiger partial charge in [0.15, 0.2) is 5.13 Å². The van der Waals surface area contributed by atoms with E-state index < -0.39 is 0 Å². The second-order valence-electron chi connectivity index (χ2n) is 6.24. The highest BCUT2D eigenvalue weighted by atomic mass is 32.1. The Hall–Kier alpha value is -2.63. The SMILES string of the molecule is COc1ccc(-c2csc(NCCNCC(=O)N3CCCC3C#N)n2)cc1. The van der Waals surface area contributed by atoms with E-state index in [2.05, 4.69) is 21.7 Å².